The van der Waals surface area contributed by atoms with Crippen molar-refractivity contribution in [2.45, 2.75) is 39.1 Å². The molecule has 7 aromatic rings. The van der Waals surface area contributed by atoms with E-state index in [1.54, 1.807) is 22.3 Å². The number of benzene rings is 7. The third-order valence-electron chi connectivity index (χ3n) is 11.9. The van der Waals surface area contributed by atoms with Gasteiger partial charge in [0.2, 0.25) is 0 Å². The Kier molecular flexibility index (Phi) is 10.5. The molecule has 0 heterocycles. The Morgan fingerprint density at radius 2 is 0.868 bits per heavy atom. The summed E-state index contributed by atoms with van der Waals surface area (Å²) < 4.78 is 2.05. The van der Waals surface area contributed by atoms with Crippen LogP contribution < -0.4 is 24.8 Å². The van der Waals surface area contributed by atoms with Crippen molar-refractivity contribution in [2.24, 2.45) is 0 Å². The fraction of sp³-hybridized carbons (Fsp3) is 0.143. The minimum absolute atomic E-state index is 0. The molecule has 0 bridgehead atoms. The van der Waals surface area contributed by atoms with Crippen LogP contribution in [0.25, 0.3) is 32.7 Å². The molecule has 0 N–H and O–H groups in total. The second-order valence-electron chi connectivity index (χ2n) is 15.1. The summed E-state index contributed by atoms with van der Waals surface area (Å²) >= 11 is -3.49. The van der Waals surface area contributed by atoms with Crippen molar-refractivity contribution in [1.29, 1.82) is 0 Å². The van der Waals surface area contributed by atoms with Crippen LogP contribution in [0.4, 0.5) is 0 Å². The summed E-state index contributed by atoms with van der Waals surface area (Å²) in [5.74, 6) is 0. The molecule has 0 saturated carbocycles. The van der Waals surface area contributed by atoms with Crippen LogP contribution in [0.1, 0.15) is 71.2 Å². The van der Waals surface area contributed by atoms with Crippen molar-refractivity contribution < 1.29 is 43.7 Å². The van der Waals surface area contributed by atoms with E-state index in [4.69, 9.17) is 0 Å². The second-order valence-corrected chi connectivity index (χ2v) is 32.7. The first-order chi connectivity index (χ1) is 24.8. The van der Waals surface area contributed by atoms with Gasteiger partial charge in [0, 0.05) is 0 Å². The quantitative estimate of drug-likeness (QED) is 0.182. The SMILES string of the molecule is CC1=C(c2cccc3ccccc23)c2cc(C)ccc2[CH]1[Zr+2](=[SiH2])([CH2]c1ccccc1)[CH]1C(C)=C(c2cccc3ccccc23)c2cc(C)ccc21.[Cl-].[Cl-]. The second kappa shape index (κ2) is 14.8. The van der Waals surface area contributed by atoms with Crippen LogP contribution in [-0.4, -0.2) is 6.88 Å². The molecule has 7 aromatic carbocycles. The van der Waals surface area contributed by atoms with E-state index in [2.05, 4.69) is 186 Å². The number of aryl methyl sites for hydroxylation is 2. The van der Waals surface area contributed by atoms with Gasteiger partial charge in [0.25, 0.3) is 0 Å². The van der Waals surface area contributed by atoms with Crippen LogP contribution in [0.15, 0.2) is 163 Å². The molecule has 0 fully saturated rings. The Morgan fingerprint density at radius 1 is 0.453 bits per heavy atom. The Bertz CT molecular complexity index is 2480. The van der Waals surface area contributed by atoms with Gasteiger partial charge >= 0.3 is 310 Å². The third kappa shape index (κ3) is 6.17. The minimum Gasteiger partial charge on any atom is -1.00 e. The van der Waals surface area contributed by atoms with E-state index in [9.17, 15) is 0 Å². The Balaban J connectivity index is 0.00000218. The summed E-state index contributed by atoms with van der Waals surface area (Å²) in [4.78, 5) is 0. The molecule has 2 atom stereocenters. The van der Waals surface area contributed by atoms with E-state index in [1.165, 1.54) is 75.8 Å². The Labute approximate surface area is 332 Å². The predicted octanol–water partition coefficient (Wildman–Crippen LogP) is 5.97. The fourth-order valence-corrected chi connectivity index (χ4v) is 31.3. The number of halogens is 2. The van der Waals surface area contributed by atoms with Gasteiger partial charge in [0.15, 0.2) is 0 Å². The van der Waals surface area contributed by atoms with E-state index in [0.717, 1.165) is 0 Å². The summed E-state index contributed by atoms with van der Waals surface area (Å²) in [5.41, 5.74) is 19.0. The zero-order valence-electron chi connectivity index (χ0n) is 30.8. The Hall–Kier alpha value is -3.78. The summed E-state index contributed by atoms with van der Waals surface area (Å²) in [6.07, 6.45) is 0. The van der Waals surface area contributed by atoms with Crippen LogP contribution in [0, 0.1) is 13.8 Å². The van der Waals surface area contributed by atoms with Crippen LogP contribution >= 0.6 is 0 Å². The average Bonchev–Trinajstić information content (AvgIpc) is 3.60. The molecule has 2 aliphatic rings. The third-order valence-corrected chi connectivity index (χ3v) is 30.1. The average molecular weight is 822 g/mol. The predicted molar refractivity (Wildman–Crippen MR) is 218 cm³/mol. The normalized spacial score (nSPS) is 16.7. The number of hydrogen-bond acceptors (Lipinski definition) is 0. The number of allylic oxidation sites excluding steroid dienone is 2. The summed E-state index contributed by atoms with van der Waals surface area (Å²) in [5, 5.41) is 5.31. The summed E-state index contributed by atoms with van der Waals surface area (Å²) in [6.45, 7) is 12.0. The van der Waals surface area contributed by atoms with Crippen LogP contribution in [-0.2, 0) is 23.0 Å². The molecule has 2 unspecified atom stereocenters. The van der Waals surface area contributed by atoms with E-state index in [0.29, 0.717) is 7.25 Å². The molecule has 2 aliphatic carbocycles. The molecule has 0 amide bonds. The van der Waals surface area contributed by atoms with Crippen molar-refractivity contribution in [3.05, 3.63) is 213 Å². The molecule has 0 aromatic heterocycles. The monoisotopic (exact) mass is 819 g/mol. The molecule has 9 rings (SSSR count). The minimum atomic E-state index is -3.49. The van der Waals surface area contributed by atoms with Crippen molar-refractivity contribution in [2.75, 3.05) is 0 Å². The maximum absolute atomic E-state index is 3.49. The summed E-state index contributed by atoms with van der Waals surface area (Å²) in [6, 6.07) is 57.9. The van der Waals surface area contributed by atoms with E-state index in [-0.39, 0.29) is 24.8 Å². The molecule has 0 aliphatic heterocycles. The van der Waals surface area contributed by atoms with Crippen molar-refractivity contribution in [1.82, 2.24) is 0 Å². The maximum Gasteiger partial charge on any atom is -1.00 e. The molecule has 0 nitrogen and oxygen atoms in total. The smallest absolute Gasteiger partial charge is 1.00 e. The molecular weight excluding hydrogens is 779 g/mol. The topological polar surface area (TPSA) is 0 Å². The maximum atomic E-state index is 2.51. The van der Waals surface area contributed by atoms with E-state index >= 15 is 0 Å². The number of hydrogen-bond donors (Lipinski definition) is 0. The van der Waals surface area contributed by atoms with Gasteiger partial charge in [-0.15, -0.1) is 0 Å². The molecule has 261 valence electrons. The number of fused-ring (bicyclic) bond motifs is 4. The summed E-state index contributed by atoms with van der Waals surface area (Å²) in [7, 11) is 0. The zero-order chi connectivity index (χ0) is 34.9. The molecule has 0 spiro atoms. The molecule has 4 heteroatoms. The van der Waals surface area contributed by atoms with Gasteiger partial charge in [0.05, 0.1) is 0 Å². The van der Waals surface area contributed by atoms with Crippen molar-refractivity contribution in [3.63, 3.8) is 0 Å². The van der Waals surface area contributed by atoms with Gasteiger partial charge < -0.3 is 24.8 Å². The van der Waals surface area contributed by atoms with Crippen molar-refractivity contribution >= 4 is 39.6 Å². The van der Waals surface area contributed by atoms with E-state index in [1.807, 2.05) is 0 Å². The molecule has 0 radical (unpaired) electrons. The first-order valence-electron chi connectivity index (χ1n) is 18.3. The molecule has 0 saturated heterocycles. The van der Waals surface area contributed by atoms with Gasteiger partial charge in [-0.2, -0.15) is 0 Å². The van der Waals surface area contributed by atoms with Gasteiger partial charge in [-0.25, -0.2) is 0 Å². The molecular formula is C49H43Cl2SiZr. The first-order valence-corrected chi connectivity index (χ1v) is 28.8. The van der Waals surface area contributed by atoms with Gasteiger partial charge in [-0.1, -0.05) is 0 Å². The largest absolute Gasteiger partial charge is 1.00 e. The standard InChI is InChI=1S/2C21H17.C7H7.2ClH.H2Si.Zr/c2*1-14-10-11-17-13-15(2)21(20(17)12-14)19-9-5-7-16-6-3-4-8-18(16)19;1-7-5-3-2-4-6-7;;;;/h2*3-13H,1-2H3;2-6H,1H2;2*1H;1H2;/q;;;;;;+2/p-2. The van der Waals surface area contributed by atoms with Gasteiger partial charge in [-0.05, 0) is 0 Å². The van der Waals surface area contributed by atoms with Crippen LogP contribution in [0.3, 0.4) is 0 Å². The first kappa shape index (κ1) is 37.5. The van der Waals surface area contributed by atoms with Crippen LogP contribution in [0.2, 0.25) is 0 Å². The van der Waals surface area contributed by atoms with Crippen molar-refractivity contribution in [3.8, 4) is 0 Å². The number of rotatable bonds is 6. The van der Waals surface area contributed by atoms with Gasteiger partial charge in [0.1, 0.15) is 0 Å². The Morgan fingerprint density at radius 3 is 1.34 bits per heavy atom. The van der Waals surface area contributed by atoms with Crippen LogP contribution in [0.5, 0.6) is 0 Å². The fourth-order valence-electron chi connectivity index (χ4n) is 9.89. The molecule has 53 heavy (non-hydrogen) atoms. The zero-order valence-corrected chi connectivity index (χ0v) is 36.1. The van der Waals surface area contributed by atoms with E-state index < -0.39 is 18.9 Å². The van der Waals surface area contributed by atoms with Gasteiger partial charge in [-0.3, -0.25) is 0 Å².